The number of hydrogen-bond donors (Lipinski definition) is 1. The first kappa shape index (κ1) is 19.9. The third-order valence-corrected chi connectivity index (χ3v) is 6.74. The summed E-state index contributed by atoms with van der Waals surface area (Å²) >= 11 is 0. The first-order valence-corrected chi connectivity index (χ1v) is 10.1. The molecule has 0 bridgehead atoms. The summed E-state index contributed by atoms with van der Waals surface area (Å²) in [5, 5.41) is 9.84. The van der Waals surface area contributed by atoms with Gasteiger partial charge in [-0.25, -0.2) is 8.42 Å². The Balaban J connectivity index is 2.28. The van der Waals surface area contributed by atoms with Crippen LogP contribution in [0.2, 0.25) is 0 Å². The molecule has 1 aromatic carbocycles. The minimum absolute atomic E-state index is 0.100. The number of benzene rings is 1. The molecular weight excluding hydrogens is 344 g/mol. The molecule has 0 spiro atoms. The highest BCUT2D eigenvalue weighted by Crippen LogP contribution is 2.38. The van der Waals surface area contributed by atoms with Crippen LogP contribution in [0.4, 0.5) is 0 Å². The van der Waals surface area contributed by atoms with Crippen molar-refractivity contribution in [3.05, 3.63) is 29.8 Å². The van der Waals surface area contributed by atoms with E-state index in [0.717, 1.165) is 5.56 Å². The molecule has 1 saturated heterocycles. The number of sulfone groups is 1. The number of aliphatic hydroxyl groups is 1. The van der Waals surface area contributed by atoms with E-state index in [9.17, 15) is 18.3 Å². The van der Waals surface area contributed by atoms with Gasteiger partial charge in [0.15, 0.2) is 15.6 Å². The van der Waals surface area contributed by atoms with Crippen LogP contribution in [0.3, 0.4) is 0 Å². The molecule has 1 N–H and O–H groups in total. The Hall–Kier alpha value is -1.44. The smallest absolute Gasteiger partial charge is 0.305 e. The van der Waals surface area contributed by atoms with E-state index in [1.54, 1.807) is 26.0 Å². The third kappa shape index (κ3) is 4.59. The van der Waals surface area contributed by atoms with Gasteiger partial charge in [0.05, 0.1) is 24.0 Å². The van der Waals surface area contributed by atoms with E-state index in [1.165, 1.54) is 12.1 Å². The summed E-state index contributed by atoms with van der Waals surface area (Å²) in [6.45, 7) is 5.58. The first-order valence-electron chi connectivity index (χ1n) is 8.55. The molecule has 0 saturated carbocycles. The van der Waals surface area contributed by atoms with Crippen molar-refractivity contribution in [3.63, 3.8) is 0 Å². The summed E-state index contributed by atoms with van der Waals surface area (Å²) in [7, 11) is -3.80. The van der Waals surface area contributed by atoms with Gasteiger partial charge in [0.25, 0.3) is 0 Å². The molecule has 25 heavy (non-hydrogen) atoms. The third-order valence-electron chi connectivity index (χ3n) is 4.46. The zero-order valence-electron chi connectivity index (χ0n) is 14.9. The highest BCUT2D eigenvalue weighted by atomic mass is 32.2. The normalized spacial score (nSPS) is 27.0. The van der Waals surface area contributed by atoms with Crippen LogP contribution < -0.4 is 0 Å². The van der Waals surface area contributed by atoms with E-state index in [0.29, 0.717) is 6.42 Å². The van der Waals surface area contributed by atoms with E-state index in [4.69, 9.17) is 9.47 Å². The van der Waals surface area contributed by atoms with Crippen LogP contribution >= 0.6 is 0 Å². The van der Waals surface area contributed by atoms with Crippen LogP contribution in [0, 0.1) is 6.92 Å². The SMILES string of the molecule is CCOC(=O)CCC1(O)O[C@@H](C)CCC1S(=O)(=O)c1ccc(C)cc1. The summed E-state index contributed by atoms with van der Waals surface area (Å²) in [5.41, 5.74) is 0.949. The molecule has 1 heterocycles. The number of rotatable bonds is 6. The molecule has 1 fully saturated rings. The van der Waals surface area contributed by atoms with Gasteiger partial charge in [-0.3, -0.25) is 4.79 Å². The van der Waals surface area contributed by atoms with E-state index in [-0.39, 0.29) is 36.9 Å². The van der Waals surface area contributed by atoms with Crippen LogP contribution in [0.5, 0.6) is 0 Å². The molecule has 2 rings (SSSR count). The Labute approximate surface area is 149 Å². The van der Waals surface area contributed by atoms with Crippen LogP contribution in [0.15, 0.2) is 29.2 Å². The molecule has 2 unspecified atom stereocenters. The maximum atomic E-state index is 13.0. The second-order valence-corrected chi connectivity index (χ2v) is 8.63. The molecule has 0 aliphatic carbocycles. The second-order valence-electron chi connectivity index (χ2n) is 6.50. The van der Waals surface area contributed by atoms with Crippen molar-refractivity contribution in [1.29, 1.82) is 0 Å². The topological polar surface area (TPSA) is 89.9 Å². The number of carbonyl (C=O) groups is 1. The van der Waals surface area contributed by atoms with Crippen molar-refractivity contribution in [1.82, 2.24) is 0 Å². The average Bonchev–Trinajstić information content (AvgIpc) is 2.53. The van der Waals surface area contributed by atoms with Gasteiger partial charge in [-0.15, -0.1) is 0 Å². The minimum atomic E-state index is -3.80. The highest BCUT2D eigenvalue weighted by Gasteiger charge is 2.50. The fourth-order valence-electron chi connectivity index (χ4n) is 3.12. The largest absolute Gasteiger partial charge is 0.466 e. The van der Waals surface area contributed by atoms with Crippen LogP contribution in [-0.2, 0) is 24.1 Å². The number of hydrogen-bond acceptors (Lipinski definition) is 6. The summed E-state index contributed by atoms with van der Waals surface area (Å²) in [6.07, 6.45) is 0.300. The van der Waals surface area contributed by atoms with Crippen molar-refractivity contribution in [2.24, 2.45) is 0 Å². The molecule has 1 aromatic rings. The Morgan fingerprint density at radius 1 is 1.32 bits per heavy atom. The monoisotopic (exact) mass is 370 g/mol. The predicted octanol–water partition coefficient (Wildman–Crippen LogP) is 2.37. The second kappa shape index (κ2) is 7.85. The fraction of sp³-hybridized carbons (Fsp3) is 0.611. The van der Waals surface area contributed by atoms with Crippen molar-refractivity contribution >= 4 is 15.8 Å². The lowest BCUT2D eigenvalue weighted by Crippen LogP contribution is -2.54. The molecule has 1 aliphatic heterocycles. The molecular formula is C18H26O6S. The standard InChI is InChI=1S/C18H26O6S/c1-4-23-17(19)11-12-18(20)16(10-7-14(3)24-18)25(21,22)15-8-5-13(2)6-9-15/h5-6,8-9,14,16,20H,4,7,10-12H2,1-3H3/t14-,16?,18?/m0/s1. The lowest BCUT2D eigenvalue weighted by Gasteiger charge is -2.41. The van der Waals surface area contributed by atoms with Gasteiger partial charge in [-0.2, -0.15) is 0 Å². The molecule has 140 valence electrons. The number of ether oxygens (including phenoxy) is 2. The van der Waals surface area contributed by atoms with Gasteiger partial charge in [0.1, 0.15) is 5.25 Å². The Bertz CT molecular complexity index is 697. The summed E-state index contributed by atoms with van der Waals surface area (Å²) in [5.74, 6) is -2.39. The molecule has 1 aliphatic rings. The van der Waals surface area contributed by atoms with E-state index < -0.39 is 26.8 Å². The average molecular weight is 370 g/mol. The zero-order valence-corrected chi connectivity index (χ0v) is 15.7. The van der Waals surface area contributed by atoms with E-state index >= 15 is 0 Å². The molecule has 0 aromatic heterocycles. The minimum Gasteiger partial charge on any atom is -0.466 e. The number of esters is 1. The Morgan fingerprint density at radius 2 is 1.96 bits per heavy atom. The summed E-state index contributed by atoms with van der Waals surface area (Å²) < 4.78 is 36.6. The lowest BCUT2D eigenvalue weighted by atomic mass is 9.97. The molecule has 6 nitrogen and oxygen atoms in total. The van der Waals surface area contributed by atoms with Crippen molar-refractivity contribution in [2.45, 2.75) is 68.5 Å². The zero-order chi connectivity index (χ0) is 18.7. The van der Waals surface area contributed by atoms with Gasteiger partial charge in [0.2, 0.25) is 0 Å². The van der Waals surface area contributed by atoms with Gasteiger partial charge in [-0.1, -0.05) is 17.7 Å². The number of aryl methyl sites for hydroxylation is 1. The van der Waals surface area contributed by atoms with Gasteiger partial charge >= 0.3 is 5.97 Å². The molecule has 0 radical (unpaired) electrons. The highest BCUT2D eigenvalue weighted by molar-refractivity contribution is 7.92. The van der Waals surface area contributed by atoms with Gasteiger partial charge in [0, 0.05) is 6.42 Å². The van der Waals surface area contributed by atoms with Crippen LogP contribution in [0.1, 0.15) is 45.1 Å². The van der Waals surface area contributed by atoms with E-state index in [2.05, 4.69) is 0 Å². The van der Waals surface area contributed by atoms with Gasteiger partial charge < -0.3 is 14.6 Å². The fourth-order valence-corrected chi connectivity index (χ4v) is 5.07. The van der Waals surface area contributed by atoms with Crippen molar-refractivity contribution in [2.75, 3.05) is 6.61 Å². The number of carbonyl (C=O) groups excluding carboxylic acids is 1. The predicted molar refractivity (Wildman–Crippen MR) is 92.8 cm³/mol. The molecule has 0 amide bonds. The molecule has 3 atom stereocenters. The summed E-state index contributed by atoms with van der Waals surface area (Å²) in [6, 6.07) is 6.51. The van der Waals surface area contributed by atoms with Crippen molar-refractivity contribution < 1.29 is 27.8 Å². The van der Waals surface area contributed by atoms with Crippen molar-refractivity contribution in [3.8, 4) is 0 Å². The maximum absolute atomic E-state index is 13.0. The van der Waals surface area contributed by atoms with Crippen LogP contribution in [-0.4, -0.2) is 43.2 Å². The van der Waals surface area contributed by atoms with Gasteiger partial charge in [-0.05, 0) is 45.7 Å². The quantitative estimate of drug-likeness (QED) is 0.773. The maximum Gasteiger partial charge on any atom is 0.305 e. The Morgan fingerprint density at radius 3 is 2.56 bits per heavy atom. The molecule has 7 heteroatoms. The lowest BCUT2D eigenvalue weighted by molar-refractivity contribution is -0.250. The summed E-state index contributed by atoms with van der Waals surface area (Å²) in [4.78, 5) is 11.8. The Kier molecular flexibility index (Phi) is 6.24. The first-order chi connectivity index (χ1) is 11.7. The van der Waals surface area contributed by atoms with Crippen LogP contribution in [0.25, 0.3) is 0 Å². The van der Waals surface area contributed by atoms with E-state index in [1.807, 2.05) is 6.92 Å².